The molecule has 0 bridgehead atoms. The monoisotopic (exact) mass is 671 g/mol. The first-order valence-corrected chi connectivity index (χ1v) is 19.5. The van der Waals surface area contributed by atoms with E-state index in [4.69, 9.17) is 0 Å². The van der Waals surface area contributed by atoms with Gasteiger partial charge in [0.05, 0.1) is 17.9 Å². The van der Waals surface area contributed by atoms with Crippen molar-refractivity contribution in [2.45, 2.75) is 142 Å². The second kappa shape index (κ2) is 33.2. The molecule has 0 heterocycles. The number of aliphatic hydroxyl groups excluding tert-OH is 1. The molecule has 0 aliphatic rings. The van der Waals surface area contributed by atoms with Crippen LogP contribution in [-0.2, 0) is 14.9 Å². The number of amides is 1. The van der Waals surface area contributed by atoms with Gasteiger partial charge in [-0.15, -0.1) is 0 Å². The molecule has 1 amide bonds. The predicted molar refractivity (Wildman–Crippen MR) is 202 cm³/mol. The van der Waals surface area contributed by atoms with Gasteiger partial charge in [-0.25, -0.2) is 0 Å². The third-order valence-corrected chi connectivity index (χ3v) is 7.98. The van der Waals surface area contributed by atoms with E-state index >= 15 is 0 Å². The number of allylic oxidation sites excluding steroid dienone is 15. The first-order chi connectivity index (χ1) is 22.8. The zero-order valence-corrected chi connectivity index (χ0v) is 30.2. The van der Waals surface area contributed by atoms with Crippen molar-refractivity contribution >= 4 is 16.0 Å². The van der Waals surface area contributed by atoms with Crippen molar-refractivity contribution in [2.24, 2.45) is 0 Å². The summed E-state index contributed by atoms with van der Waals surface area (Å²) in [5.74, 6) is -1.05. The van der Waals surface area contributed by atoms with E-state index in [9.17, 15) is 22.9 Å². The quantitative estimate of drug-likeness (QED) is 0.0401. The number of hydrogen-bond donors (Lipinski definition) is 3. The van der Waals surface area contributed by atoms with Crippen molar-refractivity contribution in [3.8, 4) is 0 Å². The Hall–Kier alpha value is -2.74. The molecule has 47 heavy (non-hydrogen) atoms. The topological polar surface area (TPSA) is 104 Å². The largest absolute Gasteiger partial charge is 0.387 e. The Balaban J connectivity index is 4.08. The van der Waals surface area contributed by atoms with Crippen molar-refractivity contribution in [1.29, 1.82) is 0 Å². The molecular formula is C40H65NO5S. The molecule has 6 nitrogen and oxygen atoms in total. The van der Waals surface area contributed by atoms with Crippen LogP contribution < -0.4 is 5.32 Å². The van der Waals surface area contributed by atoms with Crippen LogP contribution in [-0.4, -0.2) is 41.9 Å². The highest BCUT2D eigenvalue weighted by molar-refractivity contribution is 7.85. The van der Waals surface area contributed by atoms with Crippen LogP contribution in [0.4, 0.5) is 0 Å². The summed E-state index contributed by atoms with van der Waals surface area (Å²) in [5.41, 5.74) is 0. The maximum Gasteiger partial charge on any atom is 0.267 e. The SMILES string of the molecule is CC/C=C\C/C=C\C/C=C\C/C=C\C/C=C\CCCCCCCC(=O)NC(CS(=O)(=O)O)C(O)/C=C/CC/C=C/CC/C=C/CCC. The maximum atomic E-state index is 12.4. The molecule has 0 fully saturated rings. The maximum absolute atomic E-state index is 12.4. The summed E-state index contributed by atoms with van der Waals surface area (Å²) >= 11 is 0. The van der Waals surface area contributed by atoms with Gasteiger partial charge in [-0.05, 0) is 83.5 Å². The minimum atomic E-state index is -4.36. The van der Waals surface area contributed by atoms with E-state index in [0.29, 0.717) is 12.8 Å². The molecule has 0 aliphatic heterocycles. The minimum Gasteiger partial charge on any atom is -0.387 e. The Labute approximate surface area is 288 Å². The van der Waals surface area contributed by atoms with Gasteiger partial charge in [0.2, 0.25) is 5.91 Å². The lowest BCUT2D eigenvalue weighted by atomic mass is 10.1. The molecule has 0 radical (unpaired) electrons. The highest BCUT2D eigenvalue weighted by Gasteiger charge is 2.24. The Morgan fingerprint density at radius 2 is 1.04 bits per heavy atom. The van der Waals surface area contributed by atoms with E-state index in [1.807, 2.05) is 0 Å². The van der Waals surface area contributed by atoms with Gasteiger partial charge < -0.3 is 10.4 Å². The van der Waals surface area contributed by atoms with Crippen molar-refractivity contribution < 1.29 is 22.9 Å². The van der Waals surface area contributed by atoms with Crippen LogP contribution in [0.5, 0.6) is 0 Å². The molecular weight excluding hydrogens is 607 g/mol. The molecule has 7 heteroatoms. The van der Waals surface area contributed by atoms with Crippen molar-refractivity contribution in [3.63, 3.8) is 0 Å². The van der Waals surface area contributed by atoms with Gasteiger partial charge in [0.15, 0.2) is 0 Å². The van der Waals surface area contributed by atoms with Gasteiger partial charge in [0.25, 0.3) is 10.1 Å². The smallest absolute Gasteiger partial charge is 0.267 e. The summed E-state index contributed by atoms with van der Waals surface area (Å²) in [6.45, 7) is 4.30. The van der Waals surface area contributed by atoms with Gasteiger partial charge in [-0.1, -0.05) is 137 Å². The minimum absolute atomic E-state index is 0.256. The zero-order valence-electron chi connectivity index (χ0n) is 29.4. The van der Waals surface area contributed by atoms with Gasteiger partial charge in [-0.2, -0.15) is 8.42 Å². The molecule has 0 rings (SSSR count). The molecule has 2 unspecified atom stereocenters. The third kappa shape index (κ3) is 34.4. The van der Waals surface area contributed by atoms with Crippen molar-refractivity contribution in [3.05, 3.63) is 97.2 Å². The first kappa shape index (κ1) is 44.3. The van der Waals surface area contributed by atoms with Crippen LogP contribution in [0.25, 0.3) is 0 Å². The second-order valence-electron chi connectivity index (χ2n) is 11.7. The molecule has 2 atom stereocenters. The molecule has 0 spiro atoms. The highest BCUT2D eigenvalue weighted by Crippen LogP contribution is 2.09. The van der Waals surface area contributed by atoms with Gasteiger partial charge in [-0.3, -0.25) is 9.35 Å². The fraction of sp³-hybridized carbons (Fsp3) is 0.575. The molecule has 0 saturated carbocycles. The lowest BCUT2D eigenvalue weighted by Crippen LogP contribution is -2.46. The summed E-state index contributed by atoms with van der Waals surface area (Å²) in [6.07, 6.45) is 49.6. The van der Waals surface area contributed by atoms with Crippen LogP contribution >= 0.6 is 0 Å². The summed E-state index contributed by atoms with van der Waals surface area (Å²) in [4.78, 5) is 12.4. The fourth-order valence-electron chi connectivity index (χ4n) is 4.57. The van der Waals surface area contributed by atoms with Gasteiger partial charge in [0, 0.05) is 6.42 Å². The van der Waals surface area contributed by atoms with E-state index in [-0.39, 0.29) is 12.3 Å². The van der Waals surface area contributed by atoms with E-state index in [0.717, 1.165) is 96.3 Å². The average Bonchev–Trinajstić information content (AvgIpc) is 3.03. The number of hydrogen-bond acceptors (Lipinski definition) is 4. The summed E-state index contributed by atoms with van der Waals surface area (Å²) in [5, 5.41) is 13.1. The number of rotatable bonds is 30. The van der Waals surface area contributed by atoms with Crippen molar-refractivity contribution in [2.75, 3.05) is 5.75 Å². The molecule has 0 saturated heterocycles. The van der Waals surface area contributed by atoms with Crippen molar-refractivity contribution in [1.82, 2.24) is 5.32 Å². The Kier molecular flexibility index (Phi) is 31.2. The molecule has 0 aromatic rings. The zero-order chi connectivity index (χ0) is 34.7. The molecule has 3 N–H and O–H groups in total. The summed E-state index contributed by atoms with van der Waals surface area (Å²) in [6, 6.07) is -1.09. The van der Waals surface area contributed by atoms with Crippen LogP contribution in [0.15, 0.2) is 97.2 Å². The first-order valence-electron chi connectivity index (χ1n) is 17.9. The number of aliphatic hydroxyl groups is 1. The molecule has 0 aromatic carbocycles. The number of carbonyl (C=O) groups is 1. The highest BCUT2D eigenvalue weighted by atomic mass is 32.2. The van der Waals surface area contributed by atoms with Crippen LogP contribution in [0, 0.1) is 0 Å². The standard InChI is InChI=1S/C40H65NO5S/c1-3-5-7-9-11-13-15-16-17-18-19-20-21-22-23-24-26-28-30-32-34-36-40(43)41-38(37-47(44,45)46)39(42)35-33-31-29-27-25-14-12-10-8-6-4-2/h5,7-8,10-11,13,16-17,19-20,22-23,25,27,33,35,38-39,42H,3-4,6,9,12,14-15,18,21,24,26,28-32,34,36-37H2,1-2H3,(H,41,43)(H,44,45,46)/b7-5-,10-8+,13-11-,17-16-,20-19-,23-22-,27-25+,35-33+. The lowest BCUT2D eigenvalue weighted by Gasteiger charge is -2.21. The van der Waals surface area contributed by atoms with Crippen LogP contribution in [0.3, 0.4) is 0 Å². The molecule has 0 aromatic heterocycles. The lowest BCUT2D eigenvalue weighted by molar-refractivity contribution is -0.122. The van der Waals surface area contributed by atoms with E-state index in [2.05, 4.69) is 104 Å². The van der Waals surface area contributed by atoms with E-state index in [1.165, 1.54) is 6.08 Å². The number of unbranched alkanes of at least 4 members (excludes halogenated alkanes) is 8. The number of nitrogens with one attached hydrogen (secondary N) is 1. The van der Waals surface area contributed by atoms with Crippen LogP contribution in [0.1, 0.15) is 129 Å². The van der Waals surface area contributed by atoms with Gasteiger partial charge >= 0.3 is 0 Å². The molecule has 266 valence electrons. The summed E-state index contributed by atoms with van der Waals surface area (Å²) in [7, 11) is -4.36. The average molecular weight is 672 g/mol. The van der Waals surface area contributed by atoms with Crippen LogP contribution in [0.2, 0.25) is 0 Å². The third-order valence-electron chi connectivity index (χ3n) is 7.20. The van der Waals surface area contributed by atoms with E-state index in [1.54, 1.807) is 6.08 Å². The van der Waals surface area contributed by atoms with Gasteiger partial charge in [0.1, 0.15) is 0 Å². The van der Waals surface area contributed by atoms with E-state index < -0.39 is 28.0 Å². The Morgan fingerprint density at radius 1 is 0.596 bits per heavy atom. The fourth-order valence-corrected chi connectivity index (χ4v) is 5.31. The normalized spacial score (nSPS) is 14.6. The summed E-state index contributed by atoms with van der Waals surface area (Å²) < 4.78 is 32.3. The number of carbonyl (C=O) groups excluding carboxylic acids is 1. The predicted octanol–water partition coefficient (Wildman–Crippen LogP) is 10.2. The second-order valence-corrected chi connectivity index (χ2v) is 13.2. The molecule has 0 aliphatic carbocycles. The Bertz CT molecular complexity index is 1100. The Morgan fingerprint density at radius 3 is 1.57 bits per heavy atom.